The van der Waals surface area contributed by atoms with Crippen molar-refractivity contribution in [1.29, 1.82) is 0 Å². The number of hydrogen-bond acceptors (Lipinski definition) is 4. The van der Waals surface area contributed by atoms with Crippen LogP contribution in [0.1, 0.15) is 11.1 Å². The van der Waals surface area contributed by atoms with Gasteiger partial charge in [0.15, 0.2) is 5.16 Å². The molecule has 1 N–H and O–H groups in total. The summed E-state index contributed by atoms with van der Waals surface area (Å²) < 4.78 is 37.7. The number of aromatic nitrogens is 2. The molecule has 8 heteroatoms. The summed E-state index contributed by atoms with van der Waals surface area (Å²) in [6, 6.07) is 4.49. The second-order valence-corrected chi connectivity index (χ2v) is 5.40. The van der Waals surface area contributed by atoms with Crippen LogP contribution in [0.3, 0.4) is 0 Å². The zero-order valence-electron chi connectivity index (χ0n) is 11.5. The monoisotopic (exact) mass is 327 g/mol. The molecule has 0 spiro atoms. The second-order valence-electron chi connectivity index (χ2n) is 4.46. The minimum atomic E-state index is -4.44. The van der Waals surface area contributed by atoms with Crippen molar-refractivity contribution in [2.75, 3.05) is 11.1 Å². The number of hydrogen-bond donors (Lipinski definition) is 1. The van der Waals surface area contributed by atoms with E-state index >= 15 is 0 Å². The van der Waals surface area contributed by atoms with Crippen LogP contribution >= 0.6 is 11.8 Å². The van der Waals surface area contributed by atoms with Gasteiger partial charge in [-0.3, -0.25) is 4.79 Å². The van der Waals surface area contributed by atoms with Gasteiger partial charge in [0.25, 0.3) is 0 Å². The Labute approximate surface area is 129 Å². The summed E-state index contributed by atoms with van der Waals surface area (Å²) >= 11 is 1.11. The highest BCUT2D eigenvalue weighted by molar-refractivity contribution is 7.99. The molecule has 2 aromatic rings. The van der Waals surface area contributed by atoms with Crippen molar-refractivity contribution in [1.82, 2.24) is 9.97 Å². The number of nitrogens with zero attached hydrogens (tertiary/aromatic N) is 2. The molecule has 1 aromatic heterocycles. The lowest BCUT2D eigenvalue weighted by molar-refractivity contribution is -0.137. The highest BCUT2D eigenvalue weighted by atomic mass is 32.2. The minimum Gasteiger partial charge on any atom is -0.325 e. The van der Waals surface area contributed by atoms with Gasteiger partial charge >= 0.3 is 6.18 Å². The van der Waals surface area contributed by atoms with Gasteiger partial charge in [0.1, 0.15) is 0 Å². The van der Waals surface area contributed by atoms with Crippen molar-refractivity contribution in [3.05, 3.63) is 47.8 Å². The topological polar surface area (TPSA) is 54.9 Å². The summed E-state index contributed by atoms with van der Waals surface area (Å²) in [6.07, 6.45) is -1.19. The molecule has 22 heavy (non-hydrogen) atoms. The van der Waals surface area contributed by atoms with Crippen LogP contribution in [0.2, 0.25) is 0 Å². The highest BCUT2D eigenvalue weighted by Gasteiger charge is 2.30. The Kier molecular flexibility index (Phi) is 5.02. The molecular weight excluding hydrogens is 315 g/mol. The fraction of sp³-hybridized carbons (Fsp3) is 0.214. The third-order valence-corrected chi connectivity index (χ3v) is 3.44. The first-order valence-corrected chi connectivity index (χ1v) is 7.22. The van der Waals surface area contributed by atoms with Crippen molar-refractivity contribution >= 4 is 23.4 Å². The van der Waals surface area contributed by atoms with E-state index in [0.29, 0.717) is 5.16 Å². The van der Waals surface area contributed by atoms with Crippen LogP contribution in [0.15, 0.2) is 41.8 Å². The molecule has 0 radical (unpaired) electrons. The minimum absolute atomic E-state index is 0.0132. The number of carbonyl (C=O) groups is 1. The van der Waals surface area contributed by atoms with E-state index in [4.69, 9.17) is 0 Å². The van der Waals surface area contributed by atoms with Gasteiger partial charge < -0.3 is 5.32 Å². The number of rotatable bonds is 4. The number of thioether (sulfide) groups is 1. The smallest absolute Gasteiger partial charge is 0.325 e. The van der Waals surface area contributed by atoms with E-state index in [2.05, 4.69) is 15.3 Å². The number of nitrogens with one attached hydrogen (secondary N) is 1. The van der Waals surface area contributed by atoms with Crippen molar-refractivity contribution in [2.45, 2.75) is 18.3 Å². The first-order valence-electron chi connectivity index (χ1n) is 6.23. The Morgan fingerprint density at radius 1 is 1.27 bits per heavy atom. The maximum atomic E-state index is 12.6. The number of carbonyl (C=O) groups excluding carboxylic acids is 1. The van der Waals surface area contributed by atoms with Gasteiger partial charge in [-0.05, 0) is 30.7 Å². The third-order valence-electron chi connectivity index (χ3n) is 2.56. The predicted molar refractivity (Wildman–Crippen MR) is 77.6 cm³/mol. The van der Waals surface area contributed by atoms with Crippen LogP contribution in [0.25, 0.3) is 0 Å². The van der Waals surface area contributed by atoms with Crippen LogP contribution in [0, 0.1) is 6.92 Å². The quantitative estimate of drug-likeness (QED) is 0.689. The average molecular weight is 327 g/mol. The summed E-state index contributed by atoms with van der Waals surface area (Å²) in [5, 5.41) is 2.86. The van der Waals surface area contributed by atoms with Crippen LogP contribution in [-0.4, -0.2) is 21.6 Å². The summed E-state index contributed by atoms with van der Waals surface area (Å²) in [7, 11) is 0. The Hall–Kier alpha value is -2.09. The summed E-state index contributed by atoms with van der Waals surface area (Å²) in [5.41, 5.74) is 0.197. The number of halogens is 3. The molecule has 0 atom stereocenters. The van der Waals surface area contributed by atoms with Crippen LogP contribution in [-0.2, 0) is 11.0 Å². The van der Waals surface area contributed by atoms with Gasteiger partial charge in [0, 0.05) is 18.1 Å². The molecule has 0 bridgehead atoms. The molecule has 1 heterocycles. The van der Waals surface area contributed by atoms with Gasteiger partial charge in [-0.25, -0.2) is 9.97 Å². The molecule has 0 saturated carbocycles. The van der Waals surface area contributed by atoms with Gasteiger partial charge in [-0.2, -0.15) is 13.2 Å². The molecule has 116 valence electrons. The van der Waals surface area contributed by atoms with Crippen LogP contribution in [0.4, 0.5) is 18.9 Å². The van der Waals surface area contributed by atoms with Crippen molar-refractivity contribution in [3.63, 3.8) is 0 Å². The maximum Gasteiger partial charge on any atom is 0.416 e. The molecule has 0 aliphatic heterocycles. The van der Waals surface area contributed by atoms with Crippen LogP contribution < -0.4 is 5.32 Å². The number of anilines is 1. The first-order chi connectivity index (χ1) is 10.3. The molecule has 0 unspecified atom stereocenters. The van der Waals surface area contributed by atoms with Gasteiger partial charge in [0.2, 0.25) is 5.91 Å². The van der Waals surface area contributed by atoms with Crippen LogP contribution in [0.5, 0.6) is 0 Å². The van der Waals surface area contributed by atoms with E-state index in [1.165, 1.54) is 12.1 Å². The number of alkyl halides is 3. The van der Waals surface area contributed by atoms with Crippen molar-refractivity contribution in [2.24, 2.45) is 0 Å². The Bertz CT molecular complexity index is 659. The zero-order valence-corrected chi connectivity index (χ0v) is 12.3. The van der Waals surface area contributed by atoms with E-state index in [1.807, 2.05) is 6.92 Å². The average Bonchev–Trinajstić information content (AvgIpc) is 2.46. The van der Waals surface area contributed by atoms with E-state index < -0.39 is 17.6 Å². The lowest BCUT2D eigenvalue weighted by Gasteiger charge is -2.09. The van der Waals surface area contributed by atoms with Crippen molar-refractivity contribution in [3.8, 4) is 0 Å². The predicted octanol–water partition coefficient (Wildman–Crippen LogP) is 3.53. The summed E-state index contributed by atoms with van der Waals surface area (Å²) in [4.78, 5) is 19.8. The van der Waals surface area contributed by atoms with E-state index in [-0.39, 0.29) is 11.4 Å². The van der Waals surface area contributed by atoms with E-state index in [1.54, 1.807) is 12.4 Å². The summed E-state index contributed by atoms with van der Waals surface area (Å²) in [5.74, 6) is -0.409. The molecule has 0 saturated heterocycles. The molecule has 0 aliphatic rings. The molecular formula is C14H12F3N3OS. The lowest BCUT2D eigenvalue weighted by atomic mass is 10.2. The van der Waals surface area contributed by atoms with Gasteiger partial charge in [-0.1, -0.05) is 17.8 Å². The molecule has 4 nitrogen and oxygen atoms in total. The fourth-order valence-electron chi connectivity index (χ4n) is 1.56. The van der Waals surface area contributed by atoms with E-state index in [0.717, 1.165) is 29.5 Å². The van der Waals surface area contributed by atoms with Crippen molar-refractivity contribution < 1.29 is 18.0 Å². The Balaban J connectivity index is 1.93. The fourth-order valence-corrected chi connectivity index (χ4v) is 2.14. The molecule has 0 fully saturated rings. The molecule has 0 aliphatic carbocycles. The first kappa shape index (κ1) is 16.3. The maximum absolute atomic E-state index is 12.6. The third kappa shape index (κ3) is 4.73. The highest BCUT2D eigenvalue weighted by Crippen LogP contribution is 2.30. The van der Waals surface area contributed by atoms with E-state index in [9.17, 15) is 18.0 Å². The normalized spacial score (nSPS) is 11.3. The second kappa shape index (κ2) is 6.78. The molecule has 1 aromatic carbocycles. The molecule has 1 amide bonds. The van der Waals surface area contributed by atoms with Gasteiger partial charge in [0.05, 0.1) is 11.3 Å². The number of benzene rings is 1. The number of amides is 1. The number of aryl methyl sites for hydroxylation is 1. The molecule has 2 rings (SSSR count). The summed E-state index contributed by atoms with van der Waals surface area (Å²) in [6.45, 7) is 1.84. The van der Waals surface area contributed by atoms with Gasteiger partial charge in [-0.15, -0.1) is 0 Å². The Morgan fingerprint density at radius 2 is 1.95 bits per heavy atom. The standard InChI is InChI=1S/C14H12F3N3OS/c1-9-6-18-13(19-7-9)22-8-12(21)20-11-4-2-3-10(5-11)14(15,16)17/h2-7H,8H2,1H3,(H,20,21). The zero-order chi connectivity index (χ0) is 16.2. The SMILES string of the molecule is Cc1cnc(SCC(=O)Nc2cccc(C(F)(F)F)c2)nc1. The largest absolute Gasteiger partial charge is 0.416 e. The lowest BCUT2D eigenvalue weighted by Crippen LogP contribution is -2.15. The Morgan fingerprint density at radius 3 is 2.59 bits per heavy atom.